The SMILES string of the molecule is CSc1ccc(CN(C)C(=O)Cn2nnc(-c3ccc(C)cc3)n2)cc1. The molecule has 1 aromatic heterocycles. The average molecular weight is 367 g/mol. The van der Waals surface area contributed by atoms with E-state index in [9.17, 15) is 4.79 Å². The number of benzene rings is 2. The lowest BCUT2D eigenvalue weighted by Gasteiger charge is -2.16. The highest BCUT2D eigenvalue weighted by Gasteiger charge is 2.13. The Morgan fingerprint density at radius 3 is 2.46 bits per heavy atom. The van der Waals surface area contributed by atoms with Crippen LogP contribution in [0.5, 0.6) is 0 Å². The molecule has 1 heterocycles. The van der Waals surface area contributed by atoms with Crippen LogP contribution in [0, 0.1) is 6.92 Å². The molecule has 6 nitrogen and oxygen atoms in total. The number of thioether (sulfide) groups is 1. The first kappa shape index (κ1) is 18.1. The third-order valence-electron chi connectivity index (χ3n) is 4.04. The zero-order chi connectivity index (χ0) is 18.5. The van der Waals surface area contributed by atoms with Crippen LogP contribution in [0.15, 0.2) is 53.4 Å². The van der Waals surface area contributed by atoms with Gasteiger partial charge in [-0.1, -0.05) is 42.0 Å². The van der Waals surface area contributed by atoms with Crippen LogP contribution in [-0.4, -0.2) is 44.3 Å². The van der Waals surface area contributed by atoms with Crippen molar-refractivity contribution in [3.8, 4) is 11.4 Å². The lowest BCUT2D eigenvalue weighted by Crippen LogP contribution is -2.30. The molecule has 7 heteroatoms. The maximum atomic E-state index is 12.4. The Bertz CT molecular complexity index is 874. The van der Waals surface area contributed by atoms with Crippen molar-refractivity contribution in [2.45, 2.75) is 24.9 Å². The second-order valence-electron chi connectivity index (χ2n) is 6.11. The Balaban J connectivity index is 1.61. The molecule has 2 aromatic carbocycles. The molecule has 0 radical (unpaired) electrons. The summed E-state index contributed by atoms with van der Waals surface area (Å²) < 4.78 is 0. The number of hydrogen-bond acceptors (Lipinski definition) is 5. The molecule has 3 rings (SSSR count). The van der Waals surface area contributed by atoms with Crippen molar-refractivity contribution in [2.75, 3.05) is 13.3 Å². The number of amides is 1. The fourth-order valence-corrected chi connectivity index (χ4v) is 2.87. The number of aryl methyl sites for hydroxylation is 1. The largest absolute Gasteiger partial charge is 0.340 e. The molecule has 0 spiro atoms. The van der Waals surface area contributed by atoms with Crippen molar-refractivity contribution in [3.63, 3.8) is 0 Å². The Morgan fingerprint density at radius 1 is 1.12 bits per heavy atom. The molecule has 134 valence electrons. The van der Waals surface area contributed by atoms with E-state index in [4.69, 9.17) is 0 Å². The minimum absolute atomic E-state index is 0.0631. The molecule has 3 aromatic rings. The van der Waals surface area contributed by atoms with Gasteiger partial charge in [-0.3, -0.25) is 4.79 Å². The number of rotatable bonds is 6. The van der Waals surface area contributed by atoms with E-state index in [2.05, 4.69) is 27.5 Å². The van der Waals surface area contributed by atoms with Gasteiger partial charge in [-0.15, -0.1) is 22.0 Å². The van der Waals surface area contributed by atoms with Gasteiger partial charge in [-0.2, -0.15) is 4.80 Å². The summed E-state index contributed by atoms with van der Waals surface area (Å²) in [5.74, 6) is 0.458. The number of hydrogen-bond donors (Lipinski definition) is 0. The van der Waals surface area contributed by atoms with Gasteiger partial charge in [0, 0.05) is 24.1 Å². The van der Waals surface area contributed by atoms with Gasteiger partial charge in [-0.05, 0) is 36.1 Å². The van der Waals surface area contributed by atoms with Crippen LogP contribution >= 0.6 is 11.8 Å². The van der Waals surface area contributed by atoms with Crippen LogP contribution in [-0.2, 0) is 17.9 Å². The highest BCUT2D eigenvalue weighted by atomic mass is 32.2. The van der Waals surface area contributed by atoms with Gasteiger partial charge < -0.3 is 4.90 Å². The van der Waals surface area contributed by atoms with Crippen molar-refractivity contribution in [2.24, 2.45) is 0 Å². The predicted octanol–water partition coefficient (Wildman–Crippen LogP) is 3.03. The van der Waals surface area contributed by atoms with Gasteiger partial charge in [0.25, 0.3) is 0 Å². The number of carbonyl (C=O) groups excluding carboxylic acids is 1. The summed E-state index contributed by atoms with van der Waals surface area (Å²) in [6, 6.07) is 16.1. The number of likely N-dealkylation sites (N-methyl/N-ethyl adjacent to an activating group) is 1. The summed E-state index contributed by atoms with van der Waals surface area (Å²) >= 11 is 1.70. The van der Waals surface area contributed by atoms with Crippen molar-refractivity contribution in [3.05, 3.63) is 59.7 Å². The minimum Gasteiger partial charge on any atom is -0.340 e. The normalized spacial score (nSPS) is 10.7. The summed E-state index contributed by atoms with van der Waals surface area (Å²) in [6.45, 7) is 2.64. The van der Waals surface area contributed by atoms with Gasteiger partial charge in [0.15, 0.2) is 0 Å². The lowest BCUT2D eigenvalue weighted by molar-refractivity contribution is -0.131. The Hall–Kier alpha value is -2.67. The topological polar surface area (TPSA) is 63.9 Å². The van der Waals surface area contributed by atoms with Crippen molar-refractivity contribution in [1.82, 2.24) is 25.1 Å². The van der Waals surface area contributed by atoms with E-state index in [0.29, 0.717) is 12.4 Å². The van der Waals surface area contributed by atoms with E-state index in [0.717, 1.165) is 11.1 Å². The second kappa shape index (κ2) is 8.14. The molecule has 0 fully saturated rings. The summed E-state index contributed by atoms with van der Waals surface area (Å²) in [5.41, 5.74) is 3.14. The van der Waals surface area contributed by atoms with Crippen LogP contribution in [0.2, 0.25) is 0 Å². The Morgan fingerprint density at radius 2 is 1.81 bits per heavy atom. The third-order valence-corrected chi connectivity index (χ3v) is 4.79. The molecule has 0 N–H and O–H groups in total. The molecule has 0 aliphatic heterocycles. The van der Waals surface area contributed by atoms with Gasteiger partial charge in [0.1, 0.15) is 6.54 Å². The monoisotopic (exact) mass is 367 g/mol. The van der Waals surface area contributed by atoms with Crippen molar-refractivity contribution >= 4 is 17.7 Å². The fraction of sp³-hybridized carbons (Fsp3) is 0.263. The Labute approximate surface area is 157 Å². The third kappa shape index (κ3) is 4.49. The van der Waals surface area contributed by atoms with E-state index < -0.39 is 0 Å². The molecule has 0 saturated carbocycles. The molecule has 0 aliphatic carbocycles. The van der Waals surface area contributed by atoms with Crippen LogP contribution in [0.4, 0.5) is 0 Å². The molecular formula is C19H21N5OS. The average Bonchev–Trinajstić information content (AvgIpc) is 3.11. The molecule has 1 amide bonds. The van der Waals surface area contributed by atoms with Gasteiger partial charge in [0.2, 0.25) is 11.7 Å². The maximum Gasteiger partial charge on any atom is 0.246 e. The van der Waals surface area contributed by atoms with E-state index in [1.807, 2.05) is 49.6 Å². The van der Waals surface area contributed by atoms with Gasteiger partial charge in [-0.25, -0.2) is 0 Å². The standard InChI is InChI=1S/C19H21N5OS/c1-14-4-8-16(9-5-14)19-20-22-24(21-19)13-18(25)23(2)12-15-6-10-17(26-3)11-7-15/h4-11H,12-13H2,1-3H3. The first-order valence-electron chi connectivity index (χ1n) is 8.27. The molecule has 0 atom stereocenters. The molecule has 0 bridgehead atoms. The zero-order valence-corrected chi connectivity index (χ0v) is 15.9. The smallest absolute Gasteiger partial charge is 0.246 e. The number of aromatic nitrogens is 4. The lowest BCUT2D eigenvalue weighted by atomic mass is 10.1. The van der Waals surface area contributed by atoms with E-state index in [-0.39, 0.29) is 12.5 Å². The van der Waals surface area contributed by atoms with Gasteiger partial charge >= 0.3 is 0 Å². The highest BCUT2D eigenvalue weighted by molar-refractivity contribution is 7.98. The summed E-state index contributed by atoms with van der Waals surface area (Å²) in [6.07, 6.45) is 2.04. The van der Waals surface area contributed by atoms with Crippen LogP contribution in [0.25, 0.3) is 11.4 Å². The summed E-state index contributed by atoms with van der Waals surface area (Å²) in [5, 5.41) is 12.3. The van der Waals surface area contributed by atoms with Crippen molar-refractivity contribution < 1.29 is 4.79 Å². The van der Waals surface area contributed by atoms with E-state index in [1.54, 1.807) is 23.7 Å². The van der Waals surface area contributed by atoms with Crippen LogP contribution < -0.4 is 0 Å². The van der Waals surface area contributed by atoms with Gasteiger partial charge in [0.05, 0.1) is 0 Å². The summed E-state index contributed by atoms with van der Waals surface area (Å²) in [4.78, 5) is 16.6. The first-order valence-corrected chi connectivity index (χ1v) is 9.49. The molecule has 0 unspecified atom stereocenters. The quantitative estimate of drug-likeness (QED) is 0.627. The van der Waals surface area contributed by atoms with Crippen LogP contribution in [0.1, 0.15) is 11.1 Å². The van der Waals surface area contributed by atoms with Crippen molar-refractivity contribution in [1.29, 1.82) is 0 Å². The molecular weight excluding hydrogens is 346 g/mol. The minimum atomic E-state index is -0.0631. The number of tetrazole rings is 1. The Kier molecular flexibility index (Phi) is 5.68. The summed E-state index contributed by atoms with van der Waals surface area (Å²) in [7, 11) is 1.78. The fourth-order valence-electron chi connectivity index (χ4n) is 2.46. The van der Waals surface area contributed by atoms with E-state index in [1.165, 1.54) is 15.3 Å². The molecule has 0 aliphatic rings. The predicted molar refractivity (Wildman–Crippen MR) is 103 cm³/mol. The highest BCUT2D eigenvalue weighted by Crippen LogP contribution is 2.16. The zero-order valence-electron chi connectivity index (χ0n) is 15.1. The number of nitrogens with zero attached hydrogens (tertiary/aromatic N) is 5. The van der Waals surface area contributed by atoms with Crippen LogP contribution in [0.3, 0.4) is 0 Å². The molecule has 0 saturated heterocycles. The maximum absolute atomic E-state index is 12.4. The number of carbonyl (C=O) groups is 1. The first-order chi connectivity index (χ1) is 12.5. The second-order valence-corrected chi connectivity index (χ2v) is 6.99. The molecule has 26 heavy (non-hydrogen) atoms. The van der Waals surface area contributed by atoms with E-state index >= 15 is 0 Å².